The average molecular weight is 416 g/mol. The number of ether oxygens (including phenoxy) is 1. The Hall–Kier alpha value is -3.03. The largest absolute Gasteiger partial charge is 0.444 e. The first-order valence-corrected chi connectivity index (χ1v) is 10.2. The van der Waals surface area contributed by atoms with Crippen molar-refractivity contribution in [2.75, 3.05) is 26.7 Å². The van der Waals surface area contributed by atoms with Crippen LogP contribution in [0.1, 0.15) is 38.4 Å². The molecule has 3 N–H and O–H groups in total. The predicted octanol–water partition coefficient (Wildman–Crippen LogP) is 3.27. The van der Waals surface area contributed by atoms with Gasteiger partial charge in [-0.15, -0.1) is 0 Å². The lowest BCUT2D eigenvalue weighted by Crippen LogP contribution is -2.40. The summed E-state index contributed by atoms with van der Waals surface area (Å²) in [6, 6.07) is 8.10. The predicted molar refractivity (Wildman–Crippen MR) is 119 cm³/mol. The summed E-state index contributed by atoms with van der Waals surface area (Å²) in [5.41, 5.74) is 2.57. The van der Waals surface area contributed by atoms with Crippen LogP contribution in [0, 0.1) is 6.92 Å². The van der Waals surface area contributed by atoms with Crippen LogP contribution in [0.3, 0.4) is 0 Å². The van der Waals surface area contributed by atoms with E-state index in [9.17, 15) is 4.79 Å². The van der Waals surface area contributed by atoms with Crippen LogP contribution in [0.25, 0.3) is 11.5 Å². The maximum atomic E-state index is 11.6. The number of rotatable bonds is 8. The van der Waals surface area contributed by atoms with Crippen LogP contribution in [-0.2, 0) is 11.2 Å². The molecule has 1 aromatic heterocycles. The summed E-state index contributed by atoms with van der Waals surface area (Å²) < 4.78 is 10.8. The van der Waals surface area contributed by atoms with Crippen molar-refractivity contribution in [1.29, 1.82) is 0 Å². The van der Waals surface area contributed by atoms with Crippen molar-refractivity contribution >= 4 is 12.1 Å². The van der Waals surface area contributed by atoms with Gasteiger partial charge in [-0.2, -0.15) is 0 Å². The van der Waals surface area contributed by atoms with E-state index in [1.54, 1.807) is 13.3 Å². The van der Waals surface area contributed by atoms with Crippen molar-refractivity contribution in [1.82, 2.24) is 20.9 Å². The number of amides is 1. The van der Waals surface area contributed by atoms with E-state index >= 15 is 0 Å². The molecule has 0 unspecified atom stereocenters. The molecule has 0 atom stereocenters. The third-order valence-electron chi connectivity index (χ3n) is 4.06. The topological polar surface area (TPSA) is 101 Å². The monoisotopic (exact) mass is 415 g/mol. The van der Waals surface area contributed by atoms with Gasteiger partial charge in [0.1, 0.15) is 11.9 Å². The van der Waals surface area contributed by atoms with Crippen molar-refractivity contribution in [3.05, 3.63) is 41.8 Å². The molecule has 0 aliphatic rings. The second-order valence-corrected chi connectivity index (χ2v) is 7.97. The fraction of sp³-hybridized carbons (Fsp3) is 0.500. The van der Waals surface area contributed by atoms with Crippen molar-refractivity contribution in [2.45, 2.75) is 46.1 Å². The van der Waals surface area contributed by atoms with Gasteiger partial charge in [-0.3, -0.25) is 4.99 Å². The summed E-state index contributed by atoms with van der Waals surface area (Å²) >= 11 is 0. The van der Waals surface area contributed by atoms with E-state index in [-0.39, 0.29) is 0 Å². The number of hydrogen-bond acceptors (Lipinski definition) is 5. The number of carbonyl (C=O) groups excluding carboxylic acids is 1. The Bertz CT molecular complexity index is 822. The minimum atomic E-state index is -0.487. The van der Waals surface area contributed by atoms with Gasteiger partial charge in [0.2, 0.25) is 5.89 Å². The van der Waals surface area contributed by atoms with Crippen LogP contribution in [0.5, 0.6) is 0 Å². The second kappa shape index (κ2) is 11.2. The number of aromatic nitrogens is 1. The molecule has 0 aliphatic heterocycles. The molecule has 1 heterocycles. The summed E-state index contributed by atoms with van der Waals surface area (Å²) in [5.74, 6) is 1.33. The van der Waals surface area contributed by atoms with Gasteiger partial charge in [-0.05, 0) is 46.2 Å². The van der Waals surface area contributed by atoms with Gasteiger partial charge in [0.25, 0.3) is 0 Å². The van der Waals surface area contributed by atoms with Crippen molar-refractivity contribution < 1.29 is 13.9 Å². The van der Waals surface area contributed by atoms with Crippen LogP contribution in [0.4, 0.5) is 4.79 Å². The number of nitrogens with zero attached hydrogens (tertiary/aromatic N) is 2. The number of carbonyl (C=O) groups is 1. The van der Waals surface area contributed by atoms with Gasteiger partial charge < -0.3 is 25.1 Å². The van der Waals surface area contributed by atoms with Crippen LogP contribution < -0.4 is 16.0 Å². The number of aliphatic imine (C=N–C) groups is 1. The Labute approximate surface area is 178 Å². The van der Waals surface area contributed by atoms with E-state index in [0.29, 0.717) is 31.5 Å². The highest BCUT2D eigenvalue weighted by molar-refractivity contribution is 5.79. The Kier molecular flexibility index (Phi) is 8.70. The Morgan fingerprint density at radius 1 is 1.10 bits per heavy atom. The summed E-state index contributed by atoms with van der Waals surface area (Å²) in [4.78, 5) is 20.3. The van der Waals surface area contributed by atoms with Crippen LogP contribution in [-0.4, -0.2) is 49.3 Å². The number of aryl methyl sites for hydroxylation is 1. The Morgan fingerprint density at radius 2 is 1.77 bits per heavy atom. The highest BCUT2D eigenvalue weighted by atomic mass is 16.6. The van der Waals surface area contributed by atoms with Gasteiger partial charge in [-0.1, -0.05) is 17.7 Å². The number of benzene rings is 1. The number of nitrogens with one attached hydrogen (secondary N) is 3. The maximum Gasteiger partial charge on any atom is 0.407 e. The molecule has 0 saturated carbocycles. The molecule has 8 heteroatoms. The summed E-state index contributed by atoms with van der Waals surface area (Å²) in [6.45, 7) is 9.45. The van der Waals surface area contributed by atoms with E-state index in [4.69, 9.17) is 9.15 Å². The zero-order valence-corrected chi connectivity index (χ0v) is 18.5. The lowest BCUT2D eigenvalue weighted by Gasteiger charge is -2.19. The lowest BCUT2D eigenvalue weighted by atomic mass is 10.1. The van der Waals surface area contributed by atoms with Crippen LogP contribution in [0.2, 0.25) is 0 Å². The normalized spacial score (nSPS) is 11.8. The number of hydrogen-bond donors (Lipinski definition) is 3. The first kappa shape index (κ1) is 23.3. The molecular formula is C22H33N5O3. The molecule has 2 rings (SSSR count). The maximum absolute atomic E-state index is 11.6. The van der Waals surface area contributed by atoms with E-state index < -0.39 is 11.7 Å². The second-order valence-electron chi connectivity index (χ2n) is 7.97. The van der Waals surface area contributed by atoms with Gasteiger partial charge in [0.15, 0.2) is 5.96 Å². The van der Waals surface area contributed by atoms with Gasteiger partial charge >= 0.3 is 6.09 Å². The molecule has 0 aliphatic carbocycles. The van der Waals surface area contributed by atoms with Gasteiger partial charge in [0, 0.05) is 38.7 Å². The number of alkyl carbamates (subject to hydrolysis) is 1. The van der Waals surface area contributed by atoms with Crippen molar-refractivity contribution in [3.63, 3.8) is 0 Å². The fourth-order valence-corrected chi connectivity index (χ4v) is 2.58. The first-order chi connectivity index (χ1) is 14.3. The molecule has 1 amide bonds. The zero-order chi connectivity index (χ0) is 22.0. The van der Waals surface area contributed by atoms with Crippen LogP contribution >= 0.6 is 0 Å². The third-order valence-corrected chi connectivity index (χ3v) is 4.06. The highest BCUT2D eigenvalue weighted by Crippen LogP contribution is 2.19. The summed E-state index contributed by atoms with van der Waals surface area (Å²) in [7, 11) is 1.72. The molecule has 0 spiro atoms. The first-order valence-electron chi connectivity index (χ1n) is 10.2. The Morgan fingerprint density at radius 3 is 2.43 bits per heavy atom. The summed E-state index contributed by atoms with van der Waals surface area (Å²) in [6.07, 6.45) is 2.76. The van der Waals surface area contributed by atoms with Crippen LogP contribution in [0.15, 0.2) is 39.9 Å². The summed E-state index contributed by atoms with van der Waals surface area (Å²) in [5, 5.41) is 9.20. The molecule has 0 bridgehead atoms. The molecule has 1 aromatic carbocycles. The molecule has 164 valence electrons. The van der Waals surface area contributed by atoms with Gasteiger partial charge in [-0.25, -0.2) is 9.78 Å². The fourth-order valence-electron chi connectivity index (χ4n) is 2.58. The Balaban J connectivity index is 1.64. The average Bonchev–Trinajstić information content (AvgIpc) is 3.14. The molecule has 0 radical (unpaired) electrons. The molecule has 0 fully saturated rings. The molecule has 2 aromatic rings. The molecule has 30 heavy (non-hydrogen) atoms. The SMILES string of the molecule is CN=C(NCCCNC(=O)OC(C)(C)C)NCCc1coc(-c2ccc(C)cc2)n1. The smallest absolute Gasteiger partial charge is 0.407 e. The number of oxazole rings is 1. The van der Waals surface area contributed by atoms with Gasteiger partial charge in [0.05, 0.1) is 5.69 Å². The van der Waals surface area contributed by atoms with E-state index in [1.165, 1.54) is 5.56 Å². The highest BCUT2D eigenvalue weighted by Gasteiger charge is 2.15. The quantitative estimate of drug-likeness (QED) is 0.348. The molecular weight excluding hydrogens is 382 g/mol. The standard InChI is InChI=1S/C22H33N5O3/c1-16-7-9-17(10-8-16)19-27-18(15-29-19)11-14-25-20(23-5)24-12-6-13-26-21(28)30-22(2,3)4/h7-10,15H,6,11-14H2,1-5H3,(H,26,28)(H2,23,24,25). The minimum absolute atomic E-state index is 0.400. The van der Waals surface area contributed by atoms with E-state index in [2.05, 4.69) is 32.9 Å². The molecule has 8 nitrogen and oxygen atoms in total. The van der Waals surface area contributed by atoms with Crippen molar-refractivity contribution in [3.8, 4) is 11.5 Å². The van der Waals surface area contributed by atoms with E-state index in [1.807, 2.05) is 45.0 Å². The minimum Gasteiger partial charge on any atom is -0.444 e. The zero-order valence-electron chi connectivity index (χ0n) is 18.5. The van der Waals surface area contributed by atoms with E-state index in [0.717, 1.165) is 24.1 Å². The lowest BCUT2D eigenvalue weighted by molar-refractivity contribution is 0.0527. The third kappa shape index (κ3) is 8.55. The molecule has 0 saturated heterocycles. The van der Waals surface area contributed by atoms with Crippen molar-refractivity contribution in [2.24, 2.45) is 4.99 Å². The number of guanidine groups is 1.